The Labute approximate surface area is 74.5 Å². The van der Waals surface area contributed by atoms with E-state index in [4.69, 9.17) is 10.5 Å². The second-order valence-electron chi connectivity index (χ2n) is 4.31. The molecule has 1 heterocycles. The van der Waals surface area contributed by atoms with Gasteiger partial charge in [0.05, 0.1) is 0 Å². The Bertz CT molecular complexity index is 148. The van der Waals surface area contributed by atoms with Crippen LogP contribution in [0.5, 0.6) is 0 Å². The average Bonchev–Trinajstić information content (AvgIpc) is 2.03. The summed E-state index contributed by atoms with van der Waals surface area (Å²) in [4.78, 5) is 0. The quantitative estimate of drug-likeness (QED) is 0.680. The number of nitrogens with two attached hydrogens (primary N) is 1. The number of hydrogen-bond donors (Lipinski definition) is 1. The first kappa shape index (κ1) is 8.52. The molecular formula is C10H19NO. The molecule has 70 valence electrons. The highest BCUT2D eigenvalue weighted by molar-refractivity contribution is 4.92. The molecule has 2 aliphatic rings. The van der Waals surface area contributed by atoms with Crippen molar-refractivity contribution in [3.05, 3.63) is 0 Å². The van der Waals surface area contributed by atoms with Gasteiger partial charge in [-0.25, -0.2) is 0 Å². The molecule has 0 bridgehead atoms. The predicted molar refractivity (Wildman–Crippen MR) is 48.9 cm³/mol. The minimum absolute atomic E-state index is 0.469. The van der Waals surface area contributed by atoms with Crippen LogP contribution in [0, 0.1) is 11.3 Å². The highest BCUT2D eigenvalue weighted by atomic mass is 16.5. The summed E-state index contributed by atoms with van der Waals surface area (Å²) in [5, 5.41) is 0. The summed E-state index contributed by atoms with van der Waals surface area (Å²) in [6.07, 6.45) is 6.66. The van der Waals surface area contributed by atoms with Crippen LogP contribution < -0.4 is 5.73 Å². The molecule has 0 radical (unpaired) electrons. The normalized spacial score (nSPS) is 29.8. The molecule has 1 aliphatic carbocycles. The third kappa shape index (κ3) is 1.27. The van der Waals surface area contributed by atoms with Crippen LogP contribution in [0.15, 0.2) is 0 Å². The van der Waals surface area contributed by atoms with Crippen LogP contribution in [0.2, 0.25) is 0 Å². The Kier molecular flexibility index (Phi) is 2.37. The molecule has 0 aromatic rings. The lowest BCUT2D eigenvalue weighted by Gasteiger charge is -2.47. The van der Waals surface area contributed by atoms with Gasteiger partial charge in [0.1, 0.15) is 0 Å². The fraction of sp³-hybridized carbons (Fsp3) is 1.00. The lowest BCUT2D eigenvalue weighted by molar-refractivity contribution is -0.0356. The van der Waals surface area contributed by atoms with Gasteiger partial charge in [-0.05, 0) is 43.6 Å². The molecule has 0 unspecified atom stereocenters. The largest absolute Gasteiger partial charge is 0.381 e. The zero-order chi connectivity index (χ0) is 8.44. The fourth-order valence-electron chi connectivity index (χ4n) is 2.58. The van der Waals surface area contributed by atoms with Crippen molar-refractivity contribution in [1.82, 2.24) is 0 Å². The van der Waals surface area contributed by atoms with E-state index < -0.39 is 0 Å². The van der Waals surface area contributed by atoms with E-state index in [1.165, 1.54) is 32.1 Å². The van der Waals surface area contributed by atoms with Crippen LogP contribution in [0.3, 0.4) is 0 Å². The van der Waals surface area contributed by atoms with Crippen molar-refractivity contribution in [3.8, 4) is 0 Å². The molecule has 0 spiro atoms. The summed E-state index contributed by atoms with van der Waals surface area (Å²) < 4.78 is 5.39. The van der Waals surface area contributed by atoms with Crippen molar-refractivity contribution in [2.45, 2.75) is 32.1 Å². The molecule has 0 aromatic heterocycles. The Hall–Kier alpha value is -0.0800. The molecule has 2 nitrogen and oxygen atoms in total. The van der Waals surface area contributed by atoms with Crippen molar-refractivity contribution in [1.29, 1.82) is 0 Å². The van der Waals surface area contributed by atoms with E-state index in [-0.39, 0.29) is 0 Å². The molecule has 0 atom stereocenters. The molecule has 0 aromatic carbocycles. The Balaban J connectivity index is 2.00. The minimum Gasteiger partial charge on any atom is -0.381 e. The van der Waals surface area contributed by atoms with Gasteiger partial charge < -0.3 is 10.5 Å². The Morgan fingerprint density at radius 1 is 1.25 bits per heavy atom. The standard InChI is InChI=1S/C10H19NO/c11-8-10(9-2-1-3-9)4-6-12-7-5-10/h9H,1-8,11H2. The van der Waals surface area contributed by atoms with Crippen LogP contribution in [-0.2, 0) is 4.74 Å². The zero-order valence-corrected chi connectivity index (χ0v) is 7.72. The van der Waals surface area contributed by atoms with E-state index in [2.05, 4.69) is 0 Å². The second kappa shape index (κ2) is 3.35. The summed E-state index contributed by atoms with van der Waals surface area (Å²) in [5.41, 5.74) is 6.36. The van der Waals surface area contributed by atoms with Crippen molar-refractivity contribution in [3.63, 3.8) is 0 Å². The highest BCUT2D eigenvalue weighted by Gasteiger charge is 2.41. The molecular weight excluding hydrogens is 150 g/mol. The van der Waals surface area contributed by atoms with Crippen molar-refractivity contribution in [2.24, 2.45) is 17.1 Å². The molecule has 2 rings (SSSR count). The van der Waals surface area contributed by atoms with E-state index in [1.807, 2.05) is 0 Å². The van der Waals surface area contributed by atoms with Gasteiger partial charge in [-0.1, -0.05) is 6.42 Å². The molecule has 12 heavy (non-hydrogen) atoms. The summed E-state index contributed by atoms with van der Waals surface area (Å²) in [6, 6.07) is 0. The molecule has 2 N–H and O–H groups in total. The van der Waals surface area contributed by atoms with Gasteiger partial charge in [0, 0.05) is 13.2 Å². The van der Waals surface area contributed by atoms with E-state index in [9.17, 15) is 0 Å². The van der Waals surface area contributed by atoms with Gasteiger partial charge in [0.2, 0.25) is 0 Å². The summed E-state index contributed by atoms with van der Waals surface area (Å²) in [5.74, 6) is 0.923. The molecule has 1 aliphatic heterocycles. The Morgan fingerprint density at radius 3 is 2.33 bits per heavy atom. The van der Waals surface area contributed by atoms with Crippen LogP contribution in [0.4, 0.5) is 0 Å². The Morgan fingerprint density at radius 2 is 1.92 bits per heavy atom. The first-order valence-electron chi connectivity index (χ1n) is 5.15. The summed E-state index contributed by atoms with van der Waals surface area (Å²) in [7, 11) is 0. The lowest BCUT2D eigenvalue weighted by Crippen LogP contribution is -2.45. The predicted octanol–water partition coefficient (Wildman–Crippen LogP) is 1.54. The number of hydrogen-bond acceptors (Lipinski definition) is 2. The van der Waals surface area contributed by atoms with Gasteiger partial charge in [0.15, 0.2) is 0 Å². The fourth-order valence-corrected chi connectivity index (χ4v) is 2.58. The molecule has 1 saturated carbocycles. The average molecular weight is 169 g/mol. The molecule has 1 saturated heterocycles. The smallest absolute Gasteiger partial charge is 0.0471 e. The van der Waals surface area contributed by atoms with E-state index in [1.54, 1.807) is 0 Å². The second-order valence-corrected chi connectivity index (χ2v) is 4.31. The van der Waals surface area contributed by atoms with E-state index in [0.29, 0.717) is 5.41 Å². The van der Waals surface area contributed by atoms with Crippen LogP contribution in [0.25, 0.3) is 0 Å². The summed E-state index contributed by atoms with van der Waals surface area (Å²) >= 11 is 0. The first-order chi connectivity index (χ1) is 5.87. The van der Waals surface area contributed by atoms with Crippen LogP contribution >= 0.6 is 0 Å². The number of rotatable bonds is 2. The number of ether oxygens (including phenoxy) is 1. The van der Waals surface area contributed by atoms with Gasteiger partial charge >= 0.3 is 0 Å². The summed E-state index contributed by atoms with van der Waals surface area (Å²) in [6.45, 7) is 2.75. The maximum absolute atomic E-state index is 5.89. The highest BCUT2D eigenvalue weighted by Crippen LogP contribution is 2.47. The maximum Gasteiger partial charge on any atom is 0.0471 e. The van der Waals surface area contributed by atoms with E-state index >= 15 is 0 Å². The van der Waals surface area contributed by atoms with Gasteiger partial charge in [0.25, 0.3) is 0 Å². The third-order valence-electron chi connectivity index (χ3n) is 3.87. The van der Waals surface area contributed by atoms with Crippen molar-refractivity contribution >= 4 is 0 Å². The topological polar surface area (TPSA) is 35.2 Å². The molecule has 2 fully saturated rings. The van der Waals surface area contributed by atoms with Crippen LogP contribution in [0.1, 0.15) is 32.1 Å². The van der Waals surface area contributed by atoms with Crippen molar-refractivity contribution in [2.75, 3.05) is 19.8 Å². The molecule has 2 heteroatoms. The van der Waals surface area contributed by atoms with Gasteiger partial charge in [-0.15, -0.1) is 0 Å². The van der Waals surface area contributed by atoms with E-state index in [0.717, 1.165) is 25.7 Å². The maximum atomic E-state index is 5.89. The zero-order valence-electron chi connectivity index (χ0n) is 7.72. The lowest BCUT2D eigenvalue weighted by atomic mass is 9.61. The third-order valence-corrected chi connectivity index (χ3v) is 3.87. The first-order valence-corrected chi connectivity index (χ1v) is 5.15. The van der Waals surface area contributed by atoms with Gasteiger partial charge in [-0.2, -0.15) is 0 Å². The van der Waals surface area contributed by atoms with Gasteiger partial charge in [-0.3, -0.25) is 0 Å². The van der Waals surface area contributed by atoms with Crippen molar-refractivity contribution < 1.29 is 4.74 Å². The van der Waals surface area contributed by atoms with Crippen LogP contribution in [-0.4, -0.2) is 19.8 Å². The molecule has 0 amide bonds. The SMILES string of the molecule is NCC1(C2CCC2)CCOCC1. The minimum atomic E-state index is 0.469. The monoisotopic (exact) mass is 169 g/mol.